The Morgan fingerprint density at radius 2 is 1.76 bits per heavy atom. The topological polar surface area (TPSA) is 119 Å². The zero-order valence-corrected chi connectivity index (χ0v) is 20.5. The first-order chi connectivity index (χ1) is 16.2. The molecule has 1 N–H and O–H groups in total. The van der Waals surface area contributed by atoms with E-state index in [-0.39, 0.29) is 16.6 Å². The molecule has 12 heteroatoms. The lowest BCUT2D eigenvalue weighted by Gasteiger charge is -2.23. The SMILES string of the molecule is COc1ccc(N(CC(=O)N/N=C\c2cc3ccc(OC)cc3nc2Cl)S(C)(=O)=O)c(OC)c1. The van der Waals surface area contributed by atoms with Crippen LogP contribution in [0.3, 0.4) is 0 Å². The van der Waals surface area contributed by atoms with Crippen molar-refractivity contribution in [1.82, 2.24) is 10.4 Å². The lowest BCUT2D eigenvalue weighted by molar-refractivity contribution is -0.119. The number of halogens is 1. The van der Waals surface area contributed by atoms with Crippen LogP contribution in [0.25, 0.3) is 10.9 Å². The number of methoxy groups -OCH3 is 3. The van der Waals surface area contributed by atoms with E-state index in [1.54, 1.807) is 31.4 Å². The molecule has 3 aromatic rings. The Labute approximate surface area is 202 Å². The van der Waals surface area contributed by atoms with Crippen LogP contribution in [-0.2, 0) is 14.8 Å². The predicted octanol–water partition coefficient (Wildman–Crippen LogP) is 2.83. The van der Waals surface area contributed by atoms with Gasteiger partial charge in [-0.25, -0.2) is 18.8 Å². The molecule has 0 saturated heterocycles. The number of nitrogens with zero attached hydrogens (tertiary/aromatic N) is 3. The van der Waals surface area contributed by atoms with E-state index >= 15 is 0 Å². The summed E-state index contributed by atoms with van der Waals surface area (Å²) < 4.78 is 41.3. The van der Waals surface area contributed by atoms with Gasteiger partial charge in [0.2, 0.25) is 10.0 Å². The van der Waals surface area contributed by atoms with E-state index in [1.165, 1.54) is 32.6 Å². The van der Waals surface area contributed by atoms with Crippen LogP contribution in [0.2, 0.25) is 5.15 Å². The van der Waals surface area contributed by atoms with E-state index in [4.69, 9.17) is 25.8 Å². The molecule has 0 spiro atoms. The summed E-state index contributed by atoms with van der Waals surface area (Å²) in [5.41, 5.74) is 3.60. The van der Waals surface area contributed by atoms with Gasteiger partial charge in [0.25, 0.3) is 5.91 Å². The van der Waals surface area contributed by atoms with Gasteiger partial charge in [-0.2, -0.15) is 5.10 Å². The molecular weight excluding hydrogens is 484 g/mol. The fourth-order valence-corrected chi connectivity index (χ4v) is 4.12. The van der Waals surface area contributed by atoms with Gasteiger partial charge >= 0.3 is 0 Å². The number of fused-ring (bicyclic) bond motifs is 1. The smallest absolute Gasteiger partial charge is 0.260 e. The summed E-state index contributed by atoms with van der Waals surface area (Å²) in [5.74, 6) is 0.678. The maximum absolute atomic E-state index is 12.5. The van der Waals surface area contributed by atoms with Gasteiger partial charge in [0.05, 0.1) is 45.0 Å². The molecule has 2 aromatic carbocycles. The number of rotatable bonds is 9. The van der Waals surface area contributed by atoms with Gasteiger partial charge in [0.15, 0.2) is 0 Å². The average molecular weight is 507 g/mol. The standard InChI is InChI=1S/C22H23ClN4O6S/c1-31-16-6-5-14-9-15(22(23)25-18(14)10-16)12-24-26-21(28)13-27(34(4,29)30)19-8-7-17(32-2)11-20(19)33-3/h5-12H,13H2,1-4H3,(H,26,28)/b24-12-. The quantitative estimate of drug-likeness (QED) is 0.269. The van der Waals surface area contributed by atoms with Gasteiger partial charge < -0.3 is 14.2 Å². The largest absolute Gasteiger partial charge is 0.497 e. The normalized spacial score (nSPS) is 11.4. The third kappa shape index (κ3) is 5.86. The van der Waals surface area contributed by atoms with Crippen molar-refractivity contribution in [2.75, 3.05) is 38.4 Å². The molecule has 0 fully saturated rings. The first-order valence-corrected chi connectivity index (χ1v) is 12.0. The Hall–Kier alpha value is -3.57. The van der Waals surface area contributed by atoms with Crippen molar-refractivity contribution in [3.8, 4) is 17.2 Å². The molecule has 0 unspecified atom stereocenters. The van der Waals surface area contributed by atoms with Gasteiger partial charge in [-0.05, 0) is 30.3 Å². The van der Waals surface area contributed by atoms with Crippen molar-refractivity contribution in [2.24, 2.45) is 5.10 Å². The molecule has 10 nitrogen and oxygen atoms in total. The van der Waals surface area contributed by atoms with Crippen molar-refractivity contribution in [3.63, 3.8) is 0 Å². The number of benzene rings is 2. The molecule has 0 radical (unpaired) electrons. The number of aromatic nitrogens is 1. The van der Waals surface area contributed by atoms with E-state index in [0.717, 1.165) is 15.9 Å². The lowest BCUT2D eigenvalue weighted by atomic mass is 10.1. The summed E-state index contributed by atoms with van der Waals surface area (Å²) in [4.78, 5) is 16.8. The van der Waals surface area contributed by atoms with Crippen LogP contribution in [0.15, 0.2) is 47.6 Å². The molecule has 0 bridgehead atoms. The lowest BCUT2D eigenvalue weighted by Crippen LogP contribution is -2.39. The minimum atomic E-state index is -3.82. The molecule has 1 amide bonds. The molecule has 3 rings (SSSR count). The van der Waals surface area contributed by atoms with Crippen molar-refractivity contribution >= 4 is 50.3 Å². The number of amides is 1. The first kappa shape index (κ1) is 25.1. The number of anilines is 1. The zero-order chi connectivity index (χ0) is 24.9. The second kappa shape index (κ2) is 10.6. The maximum atomic E-state index is 12.5. The molecule has 34 heavy (non-hydrogen) atoms. The molecule has 0 aliphatic carbocycles. The Morgan fingerprint density at radius 3 is 2.41 bits per heavy atom. The van der Waals surface area contributed by atoms with Crippen molar-refractivity contribution in [1.29, 1.82) is 0 Å². The summed E-state index contributed by atoms with van der Waals surface area (Å²) in [7, 11) is 0.601. The summed E-state index contributed by atoms with van der Waals surface area (Å²) in [6.45, 7) is -0.525. The molecule has 0 aliphatic rings. The van der Waals surface area contributed by atoms with Crippen LogP contribution >= 0.6 is 11.6 Å². The van der Waals surface area contributed by atoms with Crippen LogP contribution in [0.5, 0.6) is 17.2 Å². The third-order valence-electron chi connectivity index (χ3n) is 4.74. The van der Waals surface area contributed by atoms with E-state index < -0.39 is 22.5 Å². The predicted molar refractivity (Wildman–Crippen MR) is 131 cm³/mol. The Bertz CT molecular complexity index is 1350. The fraction of sp³-hybridized carbons (Fsp3) is 0.227. The minimum absolute atomic E-state index is 0.180. The molecule has 1 aromatic heterocycles. The molecular formula is C22H23ClN4O6S. The van der Waals surface area contributed by atoms with Crippen molar-refractivity contribution < 1.29 is 27.4 Å². The molecule has 1 heterocycles. The minimum Gasteiger partial charge on any atom is -0.497 e. The summed E-state index contributed by atoms with van der Waals surface area (Å²) in [5, 5.41) is 4.87. The van der Waals surface area contributed by atoms with Crippen LogP contribution in [-0.4, -0.2) is 59.7 Å². The first-order valence-electron chi connectivity index (χ1n) is 9.82. The van der Waals surface area contributed by atoms with E-state index in [9.17, 15) is 13.2 Å². The van der Waals surface area contributed by atoms with Gasteiger partial charge in [-0.3, -0.25) is 9.10 Å². The number of nitrogens with one attached hydrogen (secondary N) is 1. The van der Waals surface area contributed by atoms with Gasteiger partial charge in [0, 0.05) is 23.1 Å². The van der Waals surface area contributed by atoms with Gasteiger partial charge in [-0.1, -0.05) is 11.6 Å². The summed E-state index contributed by atoms with van der Waals surface area (Å²) >= 11 is 6.23. The number of hydrazone groups is 1. The number of pyridine rings is 1. The number of hydrogen-bond acceptors (Lipinski definition) is 8. The van der Waals surface area contributed by atoms with E-state index in [2.05, 4.69) is 15.5 Å². The van der Waals surface area contributed by atoms with E-state index in [1.807, 2.05) is 6.07 Å². The maximum Gasteiger partial charge on any atom is 0.260 e. The monoisotopic (exact) mass is 506 g/mol. The molecule has 180 valence electrons. The highest BCUT2D eigenvalue weighted by Crippen LogP contribution is 2.33. The van der Waals surface area contributed by atoms with Crippen molar-refractivity contribution in [2.45, 2.75) is 0 Å². The van der Waals surface area contributed by atoms with Gasteiger partial charge in [-0.15, -0.1) is 0 Å². The Balaban J connectivity index is 1.78. The second-order valence-corrected chi connectivity index (χ2v) is 9.29. The molecule has 0 atom stereocenters. The molecule has 0 saturated carbocycles. The highest BCUT2D eigenvalue weighted by atomic mass is 35.5. The van der Waals surface area contributed by atoms with Crippen LogP contribution in [0, 0.1) is 0 Å². The zero-order valence-electron chi connectivity index (χ0n) is 18.9. The van der Waals surface area contributed by atoms with Gasteiger partial charge in [0.1, 0.15) is 28.9 Å². The van der Waals surface area contributed by atoms with Crippen LogP contribution in [0.1, 0.15) is 5.56 Å². The van der Waals surface area contributed by atoms with Crippen LogP contribution < -0.4 is 23.9 Å². The number of ether oxygens (including phenoxy) is 3. The fourth-order valence-electron chi connectivity index (χ4n) is 3.07. The Kier molecular flexibility index (Phi) is 7.79. The number of carbonyl (C=O) groups excluding carboxylic acids is 1. The van der Waals surface area contributed by atoms with E-state index in [0.29, 0.717) is 22.6 Å². The van der Waals surface area contributed by atoms with Crippen molar-refractivity contribution in [3.05, 3.63) is 53.2 Å². The molecule has 0 aliphatic heterocycles. The third-order valence-corrected chi connectivity index (χ3v) is 6.17. The second-order valence-electron chi connectivity index (χ2n) is 7.03. The Morgan fingerprint density at radius 1 is 1.09 bits per heavy atom. The highest BCUT2D eigenvalue weighted by Gasteiger charge is 2.24. The summed E-state index contributed by atoms with van der Waals surface area (Å²) in [6, 6.07) is 11.7. The number of hydrogen-bond donors (Lipinski definition) is 1. The average Bonchev–Trinajstić information content (AvgIpc) is 2.81. The summed E-state index contributed by atoms with van der Waals surface area (Å²) in [6.07, 6.45) is 2.32. The number of carbonyl (C=O) groups is 1. The number of sulfonamides is 1. The van der Waals surface area contributed by atoms with Crippen LogP contribution in [0.4, 0.5) is 5.69 Å². The highest BCUT2D eigenvalue weighted by molar-refractivity contribution is 7.92.